The van der Waals surface area contributed by atoms with Crippen molar-refractivity contribution in [1.82, 2.24) is 9.97 Å². The molecular formula is C18H11F3N2O4. The Labute approximate surface area is 150 Å². The summed E-state index contributed by atoms with van der Waals surface area (Å²) in [5.41, 5.74) is -0.590. The number of halogens is 3. The fourth-order valence-electron chi connectivity index (χ4n) is 2.04. The molecule has 27 heavy (non-hydrogen) atoms. The van der Waals surface area contributed by atoms with E-state index >= 15 is 0 Å². The van der Waals surface area contributed by atoms with Gasteiger partial charge in [0.15, 0.2) is 0 Å². The van der Waals surface area contributed by atoms with Crippen LogP contribution in [0.1, 0.15) is 16.2 Å². The van der Waals surface area contributed by atoms with Gasteiger partial charge in [-0.2, -0.15) is 18.2 Å². The Bertz CT molecular complexity index is 945. The van der Waals surface area contributed by atoms with Gasteiger partial charge in [-0.3, -0.25) is 0 Å². The molecule has 3 aromatic rings. The van der Waals surface area contributed by atoms with Crippen LogP contribution in [0.4, 0.5) is 13.2 Å². The molecule has 0 bridgehead atoms. The first-order valence-electron chi connectivity index (χ1n) is 7.51. The van der Waals surface area contributed by atoms with E-state index in [1.165, 1.54) is 24.3 Å². The largest absolute Gasteiger partial charge is 0.477 e. The molecule has 0 aliphatic carbocycles. The Balaban J connectivity index is 1.83. The Morgan fingerprint density at radius 1 is 0.889 bits per heavy atom. The molecule has 1 heterocycles. The molecule has 0 saturated heterocycles. The van der Waals surface area contributed by atoms with Crippen LogP contribution in [0.3, 0.4) is 0 Å². The number of carboxylic acid groups (broad SMARTS) is 1. The van der Waals surface area contributed by atoms with Crippen LogP contribution in [-0.2, 0) is 6.18 Å². The van der Waals surface area contributed by atoms with Crippen molar-refractivity contribution in [3.05, 3.63) is 72.2 Å². The van der Waals surface area contributed by atoms with E-state index in [2.05, 4.69) is 9.97 Å². The van der Waals surface area contributed by atoms with Crippen LogP contribution in [0.2, 0.25) is 0 Å². The fourth-order valence-corrected chi connectivity index (χ4v) is 2.04. The molecule has 1 N–H and O–H groups in total. The van der Waals surface area contributed by atoms with Gasteiger partial charge in [0.2, 0.25) is 11.7 Å². The molecular weight excluding hydrogens is 365 g/mol. The predicted octanol–water partition coefficient (Wildman–Crippen LogP) is 4.78. The van der Waals surface area contributed by atoms with Crippen molar-refractivity contribution in [3.63, 3.8) is 0 Å². The number of hydrogen-bond donors (Lipinski definition) is 1. The van der Waals surface area contributed by atoms with Gasteiger partial charge in [0.25, 0.3) is 0 Å². The van der Waals surface area contributed by atoms with Gasteiger partial charge in [-0.05, 0) is 36.4 Å². The molecule has 3 rings (SSSR count). The molecule has 9 heteroatoms. The molecule has 0 spiro atoms. The fraction of sp³-hybridized carbons (Fsp3) is 0.0556. The van der Waals surface area contributed by atoms with Gasteiger partial charge in [0, 0.05) is 6.20 Å². The summed E-state index contributed by atoms with van der Waals surface area (Å²) >= 11 is 0. The normalized spacial score (nSPS) is 11.1. The highest BCUT2D eigenvalue weighted by Crippen LogP contribution is 2.31. The summed E-state index contributed by atoms with van der Waals surface area (Å²) in [5.74, 6) is -2.56. The first-order valence-corrected chi connectivity index (χ1v) is 7.51. The lowest BCUT2D eigenvalue weighted by atomic mass is 10.3. The topological polar surface area (TPSA) is 81.5 Å². The maximum absolute atomic E-state index is 12.8. The van der Waals surface area contributed by atoms with Crippen LogP contribution in [0, 0.1) is 0 Å². The van der Waals surface area contributed by atoms with Crippen molar-refractivity contribution in [1.29, 1.82) is 0 Å². The minimum atomic E-state index is -4.83. The molecule has 0 unspecified atom stereocenters. The molecule has 0 atom stereocenters. The van der Waals surface area contributed by atoms with E-state index in [1.807, 2.05) is 6.07 Å². The third kappa shape index (κ3) is 4.51. The Hall–Kier alpha value is -3.62. The average molecular weight is 376 g/mol. The second-order valence-corrected chi connectivity index (χ2v) is 5.20. The molecule has 1 aromatic heterocycles. The van der Waals surface area contributed by atoms with Crippen molar-refractivity contribution in [2.24, 2.45) is 0 Å². The molecule has 6 nitrogen and oxygen atoms in total. The van der Waals surface area contributed by atoms with Gasteiger partial charge in [-0.15, -0.1) is 0 Å². The third-order valence-corrected chi connectivity index (χ3v) is 3.25. The monoisotopic (exact) mass is 376 g/mol. The molecule has 0 amide bonds. The first-order chi connectivity index (χ1) is 12.8. The van der Waals surface area contributed by atoms with Gasteiger partial charge >= 0.3 is 12.1 Å². The van der Waals surface area contributed by atoms with Gasteiger partial charge in [0.05, 0.1) is 0 Å². The molecule has 138 valence electrons. The minimum Gasteiger partial charge on any atom is -0.477 e. The number of ether oxygens (including phenoxy) is 2. The van der Waals surface area contributed by atoms with Crippen LogP contribution in [0.5, 0.6) is 23.1 Å². The SMILES string of the molecule is O=C(O)c1cnc(C(F)(F)F)nc1Oc1ccc(Oc2ccccc2)cc1. The van der Waals surface area contributed by atoms with Crippen LogP contribution < -0.4 is 9.47 Å². The van der Waals surface area contributed by atoms with Crippen molar-refractivity contribution in [3.8, 4) is 23.1 Å². The summed E-state index contributed by atoms with van der Waals surface area (Å²) in [5, 5.41) is 9.08. The number of hydrogen-bond acceptors (Lipinski definition) is 5. The van der Waals surface area contributed by atoms with E-state index < -0.39 is 29.4 Å². The van der Waals surface area contributed by atoms with Crippen LogP contribution in [0.15, 0.2) is 60.8 Å². The summed E-state index contributed by atoms with van der Waals surface area (Å²) in [6.45, 7) is 0. The van der Waals surface area contributed by atoms with Gasteiger partial charge in [-0.25, -0.2) is 9.78 Å². The number of nitrogens with zero attached hydrogens (tertiary/aromatic N) is 2. The lowest BCUT2D eigenvalue weighted by Crippen LogP contribution is -2.14. The molecule has 0 aliphatic rings. The standard InChI is InChI=1S/C18H11F3N2O4/c19-18(20,21)17-22-10-14(16(24)25)15(23-17)27-13-8-6-12(7-9-13)26-11-4-2-1-3-5-11/h1-10H,(H,24,25). The second-order valence-electron chi connectivity index (χ2n) is 5.20. The van der Waals surface area contributed by atoms with Crippen molar-refractivity contribution < 1.29 is 32.5 Å². The Morgan fingerprint density at radius 2 is 1.44 bits per heavy atom. The van der Waals surface area contributed by atoms with E-state index in [0.717, 1.165) is 0 Å². The lowest BCUT2D eigenvalue weighted by Gasteiger charge is -2.11. The van der Waals surface area contributed by atoms with Crippen molar-refractivity contribution in [2.45, 2.75) is 6.18 Å². The molecule has 0 fully saturated rings. The van der Waals surface area contributed by atoms with Gasteiger partial charge in [-0.1, -0.05) is 18.2 Å². The van der Waals surface area contributed by atoms with Gasteiger partial charge < -0.3 is 14.6 Å². The highest BCUT2D eigenvalue weighted by Gasteiger charge is 2.36. The molecule has 2 aromatic carbocycles. The summed E-state index contributed by atoms with van der Waals surface area (Å²) < 4.78 is 49.1. The zero-order valence-electron chi connectivity index (χ0n) is 13.5. The summed E-state index contributed by atoms with van der Waals surface area (Å²) in [4.78, 5) is 17.4. The number of rotatable bonds is 5. The predicted molar refractivity (Wildman–Crippen MR) is 87.0 cm³/mol. The van der Waals surface area contributed by atoms with E-state index in [9.17, 15) is 18.0 Å². The summed E-state index contributed by atoms with van der Waals surface area (Å²) in [7, 11) is 0. The smallest absolute Gasteiger partial charge is 0.451 e. The molecule has 0 aliphatic heterocycles. The lowest BCUT2D eigenvalue weighted by molar-refractivity contribution is -0.145. The van der Waals surface area contributed by atoms with Crippen molar-refractivity contribution >= 4 is 5.97 Å². The first kappa shape index (κ1) is 18.2. The highest BCUT2D eigenvalue weighted by molar-refractivity contribution is 5.89. The zero-order valence-corrected chi connectivity index (χ0v) is 13.5. The Kier molecular flexibility index (Phi) is 4.93. The molecule has 0 radical (unpaired) electrons. The van der Waals surface area contributed by atoms with E-state index in [-0.39, 0.29) is 5.75 Å². The van der Waals surface area contributed by atoms with Crippen LogP contribution in [-0.4, -0.2) is 21.0 Å². The average Bonchev–Trinajstić information content (AvgIpc) is 2.63. The number of carbonyl (C=O) groups is 1. The quantitative estimate of drug-likeness (QED) is 0.690. The van der Waals surface area contributed by atoms with E-state index in [0.29, 0.717) is 17.7 Å². The third-order valence-electron chi connectivity index (χ3n) is 3.25. The van der Waals surface area contributed by atoms with E-state index in [1.54, 1.807) is 24.3 Å². The number of aromatic nitrogens is 2. The van der Waals surface area contributed by atoms with Crippen LogP contribution in [0.25, 0.3) is 0 Å². The summed E-state index contributed by atoms with van der Waals surface area (Å²) in [6, 6.07) is 14.8. The molecule has 0 saturated carbocycles. The maximum Gasteiger partial charge on any atom is 0.451 e. The number of aromatic carboxylic acids is 1. The number of para-hydroxylation sites is 1. The van der Waals surface area contributed by atoms with Gasteiger partial charge in [0.1, 0.15) is 22.8 Å². The number of alkyl halides is 3. The second kappa shape index (κ2) is 7.32. The minimum absolute atomic E-state index is 0.0877. The number of benzene rings is 2. The van der Waals surface area contributed by atoms with E-state index in [4.69, 9.17) is 14.6 Å². The van der Waals surface area contributed by atoms with Crippen LogP contribution >= 0.6 is 0 Å². The number of carboxylic acids is 1. The Morgan fingerprint density at radius 3 is 2.00 bits per heavy atom. The zero-order chi connectivity index (χ0) is 19.4. The van der Waals surface area contributed by atoms with Crippen molar-refractivity contribution in [2.75, 3.05) is 0 Å². The summed E-state index contributed by atoms with van der Waals surface area (Å²) in [6.07, 6.45) is -4.27. The highest BCUT2D eigenvalue weighted by atomic mass is 19.4. The maximum atomic E-state index is 12.8.